The summed E-state index contributed by atoms with van der Waals surface area (Å²) in [6.07, 6.45) is -0.687. The van der Waals surface area contributed by atoms with Gasteiger partial charge in [0.2, 0.25) is 11.6 Å². The van der Waals surface area contributed by atoms with Crippen molar-refractivity contribution in [3.8, 4) is 0 Å². The number of hydrogen-bond acceptors (Lipinski definition) is 4. The Balaban J connectivity index is 4.76. The number of carboxylic acid groups (broad SMARTS) is 2. The van der Waals surface area contributed by atoms with Crippen molar-refractivity contribution in [1.82, 2.24) is 5.32 Å². The molecule has 102 valence electrons. The molecule has 0 bridgehead atoms. The lowest BCUT2D eigenvalue weighted by Crippen LogP contribution is -2.37. The standard InChI is InChI=1S/C9H14NO7P/c1-5(11)10-4-7(18(16)17)6(9(14)15)2-3-8(12)13/h6-7H,2-4H2,1H3,(H3-,10,11,12,13,14,15,16,17)/p+1. The predicted molar refractivity (Wildman–Crippen MR) is 60.3 cm³/mol. The van der Waals surface area contributed by atoms with E-state index in [9.17, 15) is 18.9 Å². The molecule has 1 amide bonds. The van der Waals surface area contributed by atoms with E-state index in [1.165, 1.54) is 6.92 Å². The summed E-state index contributed by atoms with van der Waals surface area (Å²) in [5.74, 6) is -4.29. The molecule has 8 nitrogen and oxygen atoms in total. The minimum atomic E-state index is -2.84. The third-order valence-electron chi connectivity index (χ3n) is 2.29. The number of rotatable bonds is 8. The van der Waals surface area contributed by atoms with E-state index < -0.39 is 43.9 Å². The van der Waals surface area contributed by atoms with Crippen LogP contribution in [0.2, 0.25) is 0 Å². The van der Waals surface area contributed by atoms with E-state index in [4.69, 9.17) is 15.1 Å². The van der Waals surface area contributed by atoms with Crippen LogP contribution in [0.25, 0.3) is 0 Å². The lowest BCUT2D eigenvalue weighted by Gasteiger charge is -2.13. The number of carbonyl (C=O) groups excluding carboxylic acids is 1. The van der Waals surface area contributed by atoms with Gasteiger partial charge in [-0.2, -0.15) is 4.89 Å². The Morgan fingerprint density at radius 3 is 2.17 bits per heavy atom. The summed E-state index contributed by atoms with van der Waals surface area (Å²) in [7, 11) is -2.84. The van der Waals surface area contributed by atoms with Gasteiger partial charge in [0.05, 0.1) is 6.54 Å². The molecule has 4 N–H and O–H groups in total. The van der Waals surface area contributed by atoms with Crippen molar-refractivity contribution in [3.05, 3.63) is 0 Å². The first-order valence-electron chi connectivity index (χ1n) is 5.10. The highest BCUT2D eigenvalue weighted by Crippen LogP contribution is 2.31. The van der Waals surface area contributed by atoms with Gasteiger partial charge in [-0.1, -0.05) is 0 Å². The molecular weight excluding hydrogens is 265 g/mol. The topological polar surface area (TPSA) is 141 Å². The third-order valence-corrected chi connectivity index (χ3v) is 3.40. The normalized spacial score (nSPS) is 14.4. The number of nitrogens with one attached hydrogen (secondary N) is 1. The SMILES string of the molecule is CC(=O)NCC(C(CCC(=O)O)C(=O)O)[P+](=O)O. The molecule has 0 aliphatic carbocycles. The fraction of sp³-hybridized carbons (Fsp3) is 0.667. The lowest BCUT2D eigenvalue weighted by molar-refractivity contribution is -0.143. The first-order valence-corrected chi connectivity index (χ1v) is 6.38. The molecule has 0 spiro atoms. The molecule has 0 aliphatic rings. The monoisotopic (exact) mass is 280 g/mol. The van der Waals surface area contributed by atoms with Gasteiger partial charge in [-0.3, -0.25) is 14.4 Å². The second kappa shape index (κ2) is 7.73. The number of aliphatic carboxylic acids is 2. The van der Waals surface area contributed by atoms with Crippen molar-refractivity contribution in [2.24, 2.45) is 5.92 Å². The second-order valence-corrected chi connectivity index (χ2v) is 4.95. The van der Waals surface area contributed by atoms with Crippen LogP contribution in [0.4, 0.5) is 0 Å². The van der Waals surface area contributed by atoms with E-state index in [2.05, 4.69) is 5.32 Å². The minimum absolute atomic E-state index is 0.267. The van der Waals surface area contributed by atoms with E-state index in [1.54, 1.807) is 0 Å². The van der Waals surface area contributed by atoms with E-state index in [1.807, 2.05) is 0 Å². The van der Waals surface area contributed by atoms with Crippen molar-refractivity contribution < 1.29 is 34.1 Å². The van der Waals surface area contributed by atoms with Crippen molar-refractivity contribution in [2.45, 2.75) is 25.4 Å². The average Bonchev–Trinajstić information content (AvgIpc) is 2.20. The Kier molecular flexibility index (Phi) is 7.07. The Labute approximate surface area is 104 Å². The predicted octanol–water partition coefficient (Wildman–Crippen LogP) is -0.209. The summed E-state index contributed by atoms with van der Waals surface area (Å²) in [5, 5.41) is 19.7. The van der Waals surface area contributed by atoms with Crippen LogP contribution in [0.3, 0.4) is 0 Å². The molecule has 9 heteroatoms. The van der Waals surface area contributed by atoms with Crippen molar-refractivity contribution in [2.75, 3.05) is 6.54 Å². The number of hydrogen-bond donors (Lipinski definition) is 4. The van der Waals surface area contributed by atoms with Crippen LogP contribution in [-0.2, 0) is 18.9 Å². The first-order chi connectivity index (χ1) is 8.25. The van der Waals surface area contributed by atoms with Gasteiger partial charge in [-0.15, -0.1) is 0 Å². The quantitative estimate of drug-likeness (QED) is 0.451. The van der Waals surface area contributed by atoms with Gasteiger partial charge >= 0.3 is 20.0 Å². The molecule has 18 heavy (non-hydrogen) atoms. The fourth-order valence-electron chi connectivity index (χ4n) is 1.38. The van der Waals surface area contributed by atoms with Crippen molar-refractivity contribution >= 4 is 25.9 Å². The van der Waals surface area contributed by atoms with Crippen LogP contribution in [0, 0.1) is 5.92 Å². The molecule has 0 rings (SSSR count). The van der Waals surface area contributed by atoms with Gasteiger partial charge in [-0.25, -0.2) is 0 Å². The Hall–Kier alpha value is -1.53. The fourth-order valence-corrected chi connectivity index (χ4v) is 2.21. The highest BCUT2D eigenvalue weighted by atomic mass is 31.1. The zero-order valence-electron chi connectivity index (χ0n) is 9.70. The summed E-state index contributed by atoms with van der Waals surface area (Å²) >= 11 is 0. The van der Waals surface area contributed by atoms with Gasteiger partial charge in [0.15, 0.2) is 0 Å². The lowest BCUT2D eigenvalue weighted by atomic mass is 9.99. The van der Waals surface area contributed by atoms with E-state index >= 15 is 0 Å². The van der Waals surface area contributed by atoms with Crippen LogP contribution < -0.4 is 5.32 Å². The summed E-state index contributed by atoms with van der Waals surface area (Å²) < 4.78 is 11.1. The van der Waals surface area contributed by atoms with E-state index in [0.29, 0.717) is 0 Å². The maximum atomic E-state index is 11.1. The number of amides is 1. The molecule has 0 fully saturated rings. The molecule has 0 aromatic carbocycles. The molecule has 0 aromatic rings. The maximum Gasteiger partial charge on any atom is 0.511 e. The zero-order valence-corrected chi connectivity index (χ0v) is 10.6. The summed E-state index contributed by atoms with van der Waals surface area (Å²) in [6, 6.07) is 0. The molecule has 0 saturated carbocycles. The Morgan fingerprint density at radius 1 is 1.28 bits per heavy atom. The van der Waals surface area contributed by atoms with Crippen LogP contribution in [0.15, 0.2) is 0 Å². The highest BCUT2D eigenvalue weighted by molar-refractivity contribution is 7.39. The molecule has 3 unspecified atom stereocenters. The van der Waals surface area contributed by atoms with Gasteiger partial charge < -0.3 is 15.5 Å². The van der Waals surface area contributed by atoms with Gasteiger partial charge in [0.1, 0.15) is 5.92 Å². The number of carbonyl (C=O) groups is 3. The number of carboxylic acids is 2. The van der Waals surface area contributed by atoms with Crippen LogP contribution in [-0.4, -0.2) is 45.2 Å². The molecule has 0 radical (unpaired) electrons. The summed E-state index contributed by atoms with van der Waals surface area (Å²) in [6.45, 7) is 0.909. The second-order valence-electron chi connectivity index (χ2n) is 3.68. The van der Waals surface area contributed by atoms with Gasteiger partial charge in [-0.05, 0) is 11.0 Å². The van der Waals surface area contributed by atoms with Crippen LogP contribution in [0.1, 0.15) is 19.8 Å². The maximum absolute atomic E-state index is 11.1. The summed E-state index contributed by atoms with van der Waals surface area (Å²) in [5.41, 5.74) is -1.21. The van der Waals surface area contributed by atoms with Crippen molar-refractivity contribution in [3.63, 3.8) is 0 Å². The molecule has 0 heterocycles. The summed E-state index contributed by atoms with van der Waals surface area (Å²) in [4.78, 5) is 41.1. The third kappa shape index (κ3) is 6.27. The van der Waals surface area contributed by atoms with Gasteiger partial charge in [0, 0.05) is 13.3 Å². The zero-order chi connectivity index (χ0) is 14.3. The van der Waals surface area contributed by atoms with Gasteiger partial charge in [0.25, 0.3) is 0 Å². The molecular formula is C9H15NO7P+. The smallest absolute Gasteiger partial charge is 0.481 e. The average molecular weight is 280 g/mol. The van der Waals surface area contributed by atoms with E-state index in [0.717, 1.165) is 0 Å². The largest absolute Gasteiger partial charge is 0.511 e. The first kappa shape index (κ1) is 16.5. The van der Waals surface area contributed by atoms with E-state index in [-0.39, 0.29) is 13.0 Å². The molecule has 0 aliphatic heterocycles. The Morgan fingerprint density at radius 2 is 1.83 bits per heavy atom. The Bertz CT molecular complexity index is 323. The van der Waals surface area contributed by atoms with Crippen LogP contribution >= 0.6 is 8.03 Å². The highest BCUT2D eigenvalue weighted by Gasteiger charge is 2.42. The molecule has 0 aromatic heterocycles. The minimum Gasteiger partial charge on any atom is -0.481 e. The van der Waals surface area contributed by atoms with Crippen molar-refractivity contribution in [1.29, 1.82) is 0 Å². The molecule has 3 atom stereocenters. The molecule has 0 saturated heterocycles. The van der Waals surface area contributed by atoms with Crippen LogP contribution in [0.5, 0.6) is 0 Å².